The van der Waals surface area contributed by atoms with Crippen molar-refractivity contribution in [1.29, 1.82) is 5.26 Å². The molecule has 0 saturated carbocycles. The number of carbonyl (C=O) groups is 1. The average Bonchev–Trinajstić information content (AvgIpc) is 3.11. The van der Waals surface area contributed by atoms with Crippen molar-refractivity contribution < 1.29 is 4.79 Å². The number of hydrogen-bond donors (Lipinski definition) is 1. The number of pyridine rings is 1. The number of hydrogen-bond acceptors (Lipinski definition) is 6. The second-order valence-corrected chi connectivity index (χ2v) is 8.61. The Kier molecular flexibility index (Phi) is 4.63. The molecule has 0 spiro atoms. The number of benzene rings is 1. The molecule has 1 aromatic carbocycles. The van der Waals surface area contributed by atoms with Gasteiger partial charge >= 0.3 is 0 Å². The van der Waals surface area contributed by atoms with Crippen LogP contribution in [-0.4, -0.2) is 44.7 Å². The van der Waals surface area contributed by atoms with Gasteiger partial charge in [-0.2, -0.15) is 10.4 Å². The minimum Gasteiger partial charge on any atom is -0.369 e. The summed E-state index contributed by atoms with van der Waals surface area (Å²) in [6.07, 6.45) is 2.59. The van der Waals surface area contributed by atoms with Gasteiger partial charge < -0.3 is 10.6 Å². The van der Waals surface area contributed by atoms with Gasteiger partial charge in [-0.05, 0) is 44.5 Å². The molecule has 5 rings (SSSR count). The first-order valence-electron chi connectivity index (χ1n) is 10.6. The number of primary amides is 1. The SMILES string of the molecule is C[C@@H]1CN(c2ccc(C#N)c3ncccc23)Cc2c3c(nn21)CN(CC(N)=O)[C@@H](C)C3. The number of nitrogens with zero attached hydrogens (tertiary/aromatic N) is 6. The van der Waals surface area contributed by atoms with E-state index >= 15 is 0 Å². The van der Waals surface area contributed by atoms with Crippen molar-refractivity contribution in [2.45, 2.75) is 45.4 Å². The number of aromatic nitrogens is 3. The summed E-state index contributed by atoms with van der Waals surface area (Å²) in [5.41, 5.74) is 11.4. The summed E-state index contributed by atoms with van der Waals surface area (Å²) in [7, 11) is 0. The molecule has 3 aromatic rings. The normalized spacial score (nSPS) is 20.9. The Balaban J connectivity index is 1.53. The van der Waals surface area contributed by atoms with Crippen LogP contribution in [0.4, 0.5) is 5.69 Å². The highest BCUT2D eigenvalue weighted by atomic mass is 16.1. The summed E-state index contributed by atoms with van der Waals surface area (Å²) in [6.45, 7) is 6.81. The van der Waals surface area contributed by atoms with E-state index in [1.54, 1.807) is 6.20 Å². The molecule has 2 atom stereocenters. The molecule has 1 amide bonds. The first kappa shape index (κ1) is 19.5. The molecule has 8 heteroatoms. The van der Waals surface area contributed by atoms with E-state index < -0.39 is 0 Å². The lowest BCUT2D eigenvalue weighted by atomic mass is 9.96. The molecule has 8 nitrogen and oxygen atoms in total. The van der Waals surface area contributed by atoms with Gasteiger partial charge in [0.2, 0.25) is 5.91 Å². The molecule has 0 bridgehead atoms. The molecule has 2 aromatic heterocycles. The minimum atomic E-state index is -0.305. The average molecular weight is 416 g/mol. The summed E-state index contributed by atoms with van der Waals surface area (Å²) in [5, 5.41) is 15.4. The highest BCUT2D eigenvalue weighted by molar-refractivity contribution is 5.95. The number of rotatable bonds is 3. The Morgan fingerprint density at radius 1 is 1.26 bits per heavy atom. The van der Waals surface area contributed by atoms with E-state index in [1.807, 2.05) is 24.3 Å². The van der Waals surface area contributed by atoms with Crippen molar-refractivity contribution in [2.75, 3.05) is 18.0 Å². The number of anilines is 1. The Bertz CT molecular complexity index is 1220. The zero-order valence-electron chi connectivity index (χ0n) is 17.7. The first-order valence-corrected chi connectivity index (χ1v) is 10.6. The molecule has 0 saturated heterocycles. The van der Waals surface area contributed by atoms with Crippen LogP contribution in [0.2, 0.25) is 0 Å². The summed E-state index contributed by atoms with van der Waals surface area (Å²) >= 11 is 0. The third kappa shape index (κ3) is 3.22. The van der Waals surface area contributed by atoms with Crippen LogP contribution in [0, 0.1) is 11.3 Å². The van der Waals surface area contributed by atoms with Crippen LogP contribution < -0.4 is 10.6 Å². The van der Waals surface area contributed by atoms with Crippen molar-refractivity contribution in [2.24, 2.45) is 5.73 Å². The lowest BCUT2D eigenvalue weighted by Crippen LogP contribution is -2.43. The van der Waals surface area contributed by atoms with Gasteiger partial charge in [-0.15, -0.1) is 0 Å². The molecule has 31 heavy (non-hydrogen) atoms. The summed E-state index contributed by atoms with van der Waals surface area (Å²) in [4.78, 5) is 20.4. The second kappa shape index (κ2) is 7.36. The van der Waals surface area contributed by atoms with Gasteiger partial charge in [-0.1, -0.05) is 0 Å². The van der Waals surface area contributed by atoms with Gasteiger partial charge in [-0.3, -0.25) is 19.4 Å². The second-order valence-electron chi connectivity index (χ2n) is 8.61. The zero-order valence-corrected chi connectivity index (χ0v) is 17.7. The summed E-state index contributed by atoms with van der Waals surface area (Å²) in [6, 6.07) is 10.5. The fraction of sp³-hybridized carbons (Fsp3) is 0.391. The molecule has 4 heterocycles. The van der Waals surface area contributed by atoms with Gasteiger partial charge in [0.25, 0.3) is 0 Å². The highest BCUT2D eigenvalue weighted by Crippen LogP contribution is 2.36. The van der Waals surface area contributed by atoms with E-state index in [9.17, 15) is 10.1 Å². The lowest BCUT2D eigenvalue weighted by molar-refractivity contribution is -0.119. The number of fused-ring (bicyclic) bond motifs is 4. The molecule has 2 N–H and O–H groups in total. The van der Waals surface area contributed by atoms with Gasteiger partial charge in [-0.25, -0.2) is 0 Å². The van der Waals surface area contributed by atoms with Crippen LogP contribution in [0.1, 0.15) is 42.4 Å². The maximum Gasteiger partial charge on any atom is 0.231 e. The molecule has 158 valence electrons. The van der Waals surface area contributed by atoms with Gasteiger partial charge in [0.1, 0.15) is 6.07 Å². The first-order chi connectivity index (χ1) is 15.0. The number of nitriles is 1. The van der Waals surface area contributed by atoms with Crippen molar-refractivity contribution in [3.8, 4) is 6.07 Å². The fourth-order valence-corrected chi connectivity index (χ4v) is 4.98. The Labute approximate surface area is 180 Å². The Hall–Kier alpha value is -3.44. The highest BCUT2D eigenvalue weighted by Gasteiger charge is 2.34. The van der Waals surface area contributed by atoms with Crippen molar-refractivity contribution in [3.63, 3.8) is 0 Å². The van der Waals surface area contributed by atoms with Gasteiger partial charge in [0.15, 0.2) is 0 Å². The van der Waals surface area contributed by atoms with Crippen LogP contribution in [-0.2, 0) is 24.3 Å². The topological polar surface area (TPSA) is 104 Å². The number of carbonyl (C=O) groups excluding carboxylic acids is 1. The van der Waals surface area contributed by atoms with Crippen LogP contribution >= 0.6 is 0 Å². The molecule has 0 unspecified atom stereocenters. The largest absolute Gasteiger partial charge is 0.369 e. The predicted octanol–water partition coefficient (Wildman–Crippen LogP) is 2.12. The minimum absolute atomic E-state index is 0.205. The third-order valence-corrected chi connectivity index (χ3v) is 6.49. The van der Waals surface area contributed by atoms with Crippen LogP contribution in [0.3, 0.4) is 0 Å². The smallest absolute Gasteiger partial charge is 0.231 e. The monoisotopic (exact) mass is 415 g/mol. The molecular weight excluding hydrogens is 390 g/mol. The van der Waals surface area contributed by atoms with E-state index in [0.717, 1.165) is 41.8 Å². The Morgan fingerprint density at radius 3 is 2.87 bits per heavy atom. The van der Waals surface area contributed by atoms with Crippen LogP contribution in [0.5, 0.6) is 0 Å². The molecule has 2 aliphatic rings. The van der Waals surface area contributed by atoms with E-state index in [2.05, 4.69) is 39.4 Å². The van der Waals surface area contributed by atoms with Crippen molar-refractivity contribution >= 4 is 22.5 Å². The van der Waals surface area contributed by atoms with E-state index in [-0.39, 0.29) is 24.5 Å². The van der Waals surface area contributed by atoms with E-state index in [1.165, 1.54) is 11.3 Å². The van der Waals surface area contributed by atoms with Gasteiger partial charge in [0, 0.05) is 42.0 Å². The predicted molar refractivity (Wildman–Crippen MR) is 117 cm³/mol. The number of nitrogens with two attached hydrogens (primary N) is 1. The fourth-order valence-electron chi connectivity index (χ4n) is 4.98. The molecule has 2 aliphatic heterocycles. The molecule has 0 aliphatic carbocycles. The van der Waals surface area contributed by atoms with E-state index in [4.69, 9.17) is 10.8 Å². The molecule has 0 fully saturated rings. The zero-order chi connectivity index (χ0) is 21.7. The quantitative estimate of drug-likeness (QED) is 0.703. The third-order valence-electron chi connectivity index (χ3n) is 6.49. The van der Waals surface area contributed by atoms with Crippen LogP contribution in [0.25, 0.3) is 10.9 Å². The summed E-state index contributed by atoms with van der Waals surface area (Å²) in [5.74, 6) is -0.305. The Morgan fingerprint density at radius 2 is 2.10 bits per heavy atom. The lowest BCUT2D eigenvalue weighted by Gasteiger charge is -2.36. The standard InChI is InChI=1S/C23H25N7O/c1-14-8-18-19(11-28(14)13-22(25)31)27-30-15(2)10-29(12-21(18)30)20-6-5-16(9-24)23-17(20)4-3-7-26-23/h3-7,14-15H,8,10-13H2,1-2H3,(H2,25,31)/t14-,15+/m0/s1. The maximum absolute atomic E-state index is 11.4. The van der Waals surface area contributed by atoms with Crippen LogP contribution in [0.15, 0.2) is 30.5 Å². The van der Waals surface area contributed by atoms with Gasteiger partial charge in [0.05, 0.1) is 41.6 Å². The van der Waals surface area contributed by atoms with Crippen molar-refractivity contribution in [1.82, 2.24) is 19.7 Å². The molecule has 0 radical (unpaired) electrons. The van der Waals surface area contributed by atoms with Crippen molar-refractivity contribution in [3.05, 3.63) is 53.0 Å². The summed E-state index contributed by atoms with van der Waals surface area (Å²) < 4.78 is 2.16. The molecular formula is C23H25N7O. The maximum atomic E-state index is 11.4. The number of amides is 1. The van der Waals surface area contributed by atoms with E-state index in [0.29, 0.717) is 12.1 Å².